The first-order valence-electron chi connectivity index (χ1n) is 6.23. The molecule has 0 atom stereocenters. The van der Waals surface area contributed by atoms with Gasteiger partial charge in [-0.2, -0.15) is 0 Å². The molecule has 0 radical (unpaired) electrons. The van der Waals surface area contributed by atoms with E-state index in [0.29, 0.717) is 0 Å². The zero-order chi connectivity index (χ0) is 11.6. The predicted molar refractivity (Wildman–Crippen MR) is 69.1 cm³/mol. The van der Waals surface area contributed by atoms with Gasteiger partial charge >= 0.3 is 0 Å². The Bertz CT molecular complexity index is 286. The Kier molecular flexibility index (Phi) is 6.66. The molecule has 1 rings (SSSR count). The lowest BCUT2D eigenvalue weighted by Gasteiger charge is -2.07. The Hall–Kier alpha value is -1.02. The van der Waals surface area contributed by atoms with Gasteiger partial charge in [-0.3, -0.25) is 0 Å². The molecule has 0 saturated carbocycles. The third kappa shape index (κ3) is 5.17. The Morgan fingerprint density at radius 2 is 2.06 bits per heavy atom. The quantitative estimate of drug-likeness (QED) is 0.681. The molecular formula is C14H23NO. The molecule has 0 heterocycles. The van der Waals surface area contributed by atoms with Crippen LogP contribution in [0, 0.1) is 0 Å². The molecule has 0 aliphatic carbocycles. The average molecular weight is 221 g/mol. The van der Waals surface area contributed by atoms with E-state index in [1.807, 2.05) is 13.1 Å². The Balaban J connectivity index is 2.16. The number of rotatable bonds is 8. The average Bonchev–Trinajstić information content (AvgIpc) is 2.34. The van der Waals surface area contributed by atoms with Crippen LogP contribution in [0.5, 0.6) is 5.75 Å². The number of nitrogens with one attached hydrogen (secondary N) is 1. The lowest BCUT2D eigenvalue weighted by molar-refractivity contribution is 0.305. The third-order valence-electron chi connectivity index (χ3n) is 2.65. The van der Waals surface area contributed by atoms with E-state index in [2.05, 4.69) is 30.4 Å². The molecule has 0 aliphatic heterocycles. The second-order valence-electron chi connectivity index (χ2n) is 4.01. The molecule has 0 aromatic heterocycles. The zero-order valence-corrected chi connectivity index (χ0v) is 10.5. The van der Waals surface area contributed by atoms with Crippen molar-refractivity contribution in [3.05, 3.63) is 29.8 Å². The number of benzene rings is 1. The lowest BCUT2D eigenvalue weighted by Crippen LogP contribution is -2.07. The van der Waals surface area contributed by atoms with Crippen LogP contribution in [0.4, 0.5) is 0 Å². The first-order valence-corrected chi connectivity index (χ1v) is 6.23. The largest absolute Gasteiger partial charge is 0.494 e. The molecule has 90 valence electrons. The van der Waals surface area contributed by atoms with Crippen LogP contribution in [0.3, 0.4) is 0 Å². The van der Waals surface area contributed by atoms with Crippen molar-refractivity contribution >= 4 is 0 Å². The maximum absolute atomic E-state index is 5.71. The predicted octanol–water partition coefficient (Wildman–Crippen LogP) is 3.02. The highest BCUT2D eigenvalue weighted by atomic mass is 16.5. The topological polar surface area (TPSA) is 21.3 Å². The van der Waals surface area contributed by atoms with E-state index in [1.54, 1.807) is 0 Å². The minimum atomic E-state index is 0.830. The molecule has 1 N–H and O–H groups in total. The second-order valence-corrected chi connectivity index (χ2v) is 4.01. The molecular weight excluding hydrogens is 198 g/mol. The van der Waals surface area contributed by atoms with Gasteiger partial charge in [0.25, 0.3) is 0 Å². The van der Waals surface area contributed by atoms with Gasteiger partial charge in [0.1, 0.15) is 5.75 Å². The maximum atomic E-state index is 5.71. The van der Waals surface area contributed by atoms with Crippen molar-refractivity contribution in [3.8, 4) is 5.75 Å². The maximum Gasteiger partial charge on any atom is 0.119 e. The van der Waals surface area contributed by atoms with E-state index in [1.165, 1.54) is 18.4 Å². The van der Waals surface area contributed by atoms with E-state index < -0.39 is 0 Å². The van der Waals surface area contributed by atoms with Crippen LogP contribution >= 0.6 is 0 Å². The smallest absolute Gasteiger partial charge is 0.119 e. The molecule has 2 nitrogen and oxygen atoms in total. The van der Waals surface area contributed by atoms with Gasteiger partial charge in [0, 0.05) is 0 Å². The highest BCUT2D eigenvalue weighted by molar-refractivity contribution is 5.28. The molecule has 0 aliphatic rings. The van der Waals surface area contributed by atoms with Gasteiger partial charge < -0.3 is 10.1 Å². The summed E-state index contributed by atoms with van der Waals surface area (Å²) in [7, 11) is 1.99. The Morgan fingerprint density at radius 1 is 1.19 bits per heavy atom. The van der Waals surface area contributed by atoms with Crippen molar-refractivity contribution < 1.29 is 4.74 Å². The summed E-state index contributed by atoms with van der Waals surface area (Å²) in [5.41, 5.74) is 1.34. The fourth-order valence-corrected chi connectivity index (χ4v) is 1.63. The highest BCUT2D eigenvalue weighted by Gasteiger charge is 1.95. The van der Waals surface area contributed by atoms with Crippen LogP contribution in [-0.4, -0.2) is 20.2 Å². The van der Waals surface area contributed by atoms with E-state index >= 15 is 0 Å². The van der Waals surface area contributed by atoms with Crippen LogP contribution in [0.1, 0.15) is 31.7 Å². The minimum absolute atomic E-state index is 0.830. The first kappa shape index (κ1) is 13.0. The molecule has 1 aromatic carbocycles. The molecule has 0 fully saturated rings. The first-order chi connectivity index (χ1) is 7.86. The van der Waals surface area contributed by atoms with Crippen LogP contribution in [-0.2, 0) is 6.42 Å². The van der Waals surface area contributed by atoms with E-state index in [0.717, 1.165) is 31.7 Å². The zero-order valence-electron chi connectivity index (χ0n) is 10.5. The van der Waals surface area contributed by atoms with Gasteiger partial charge in [-0.05, 0) is 57.0 Å². The van der Waals surface area contributed by atoms with E-state index in [9.17, 15) is 0 Å². The van der Waals surface area contributed by atoms with Crippen molar-refractivity contribution in [3.63, 3.8) is 0 Å². The number of unbranched alkanes of at least 4 members (excludes halogenated alkanes) is 2. The summed E-state index contributed by atoms with van der Waals surface area (Å²) >= 11 is 0. The Labute approximate surface area is 99.0 Å². The van der Waals surface area contributed by atoms with Gasteiger partial charge in [0.15, 0.2) is 0 Å². The fraction of sp³-hybridized carbons (Fsp3) is 0.571. The summed E-state index contributed by atoms with van der Waals surface area (Å²) in [5, 5.41) is 3.15. The third-order valence-corrected chi connectivity index (χ3v) is 2.65. The summed E-state index contributed by atoms with van der Waals surface area (Å²) in [5.74, 6) is 1.01. The van der Waals surface area contributed by atoms with Crippen LogP contribution in [0.15, 0.2) is 24.3 Å². The summed E-state index contributed by atoms with van der Waals surface area (Å²) in [4.78, 5) is 0. The number of aryl methyl sites for hydroxylation is 1. The molecule has 0 saturated heterocycles. The molecule has 0 spiro atoms. The Morgan fingerprint density at radius 3 is 2.81 bits per heavy atom. The van der Waals surface area contributed by atoms with Gasteiger partial charge in [-0.15, -0.1) is 0 Å². The van der Waals surface area contributed by atoms with Gasteiger partial charge in [0.2, 0.25) is 0 Å². The molecule has 0 unspecified atom stereocenters. The van der Waals surface area contributed by atoms with Crippen molar-refractivity contribution in [1.29, 1.82) is 0 Å². The molecule has 0 amide bonds. The molecule has 2 heteroatoms. The van der Waals surface area contributed by atoms with Gasteiger partial charge in [-0.1, -0.05) is 19.1 Å². The standard InChI is InChI=1S/C14H23NO/c1-3-13-8-7-9-14(12-13)16-11-6-4-5-10-15-2/h7-9,12,15H,3-6,10-11H2,1-2H3. The summed E-state index contributed by atoms with van der Waals surface area (Å²) in [6.45, 7) is 4.10. The van der Waals surface area contributed by atoms with Crippen molar-refractivity contribution in [2.24, 2.45) is 0 Å². The summed E-state index contributed by atoms with van der Waals surface area (Å²) < 4.78 is 5.71. The van der Waals surface area contributed by atoms with E-state index in [-0.39, 0.29) is 0 Å². The number of ether oxygens (including phenoxy) is 1. The van der Waals surface area contributed by atoms with Crippen molar-refractivity contribution in [2.45, 2.75) is 32.6 Å². The lowest BCUT2D eigenvalue weighted by atomic mass is 10.2. The fourth-order valence-electron chi connectivity index (χ4n) is 1.63. The van der Waals surface area contributed by atoms with Crippen LogP contribution < -0.4 is 10.1 Å². The number of hydrogen-bond acceptors (Lipinski definition) is 2. The van der Waals surface area contributed by atoms with Crippen molar-refractivity contribution in [2.75, 3.05) is 20.2 Å². The van der Waals surface area contributed by atoms with E-state index in [4.69, 9.17) is 4.74 Å². The van der Waals surface area contributed by atoms with Gasteiger partial charge in [0.05, 0.1) is 6.61 Å². The molecule has 0 bridgehead atoms. The summed E-state index contributed by atoms with van der Waals surface area (Å²) in [6.07, 6.45) is 4.67. The SMILES string of the molecule is CCc1cccc(OCCCCCNC)c1. The molecule has 16 heavy (non-hydrogen) atoms. The minimum Gasteiger partial charge on any atom is -0.494 e. The highest BCUT2D eigenvalue weighted by Crippen LogP contribution is 2.14. The normalized spacial score (nSPS) is 10.4. The monoisotopic (exact) mass is 221 g/mol. The summed E-state index contributed by atoms with van der Waals surface area (Å²) in [6, 6.07) is 8.37. The van der Waals surface area contributed by atoms with Crippen LogP contribution in [0.25, 0.3) is 0 Å². The van der Waals surface area contributed by atoms with Crippen LogP contribution in [0.2, 0.25) is 0 Å². The van der Waals surface area contributed by atoms with Gasteiger partial charge in [-0.25, -0.2) is 0 Å². The number of hydrogen-bond donors (Lipinski definition) is 1. The second kappa shape index (κ2) is 8.17. The molecule has 1 aromatic rings. The van der Waals surface area contributed by atoms with Crippen molar-refractivity contribution in [1.82, 2.24) is 5.32 Å².